The van der Waals surface area contributed by atoms with Gasteiger partial charge < -0.3 is 20.1 Å². The van der Waals surface area contributed by atoms with Crippen LogP contribution in [0.15, 0.2) is 61.1 Å². The van der Waals surface area contributed by atoms with Gasteiger partial charge in [0.15, 0.2) is 0 Å². The molecule has 220 valence electrons. The molecular weight excluding hydrogens is 550 g/mol. The van der Waals surface area contributed by atoms with Crippen molar-refractivity contribution in [2.24, 2.45) is 0 Å². The van der Waals surface area contributed by atoms with Crippen molar-refractivity contribution >= 4 is 23.5 Å². The Morgan fingerprint density at radius 1 is 0.976 bits per heavy atom. The molecule has 2 aliphatic rings. The summed E-state index contributed by atoms with van der Waals surface area (Å²) in [5, 5.41) is 16.0. The molecule has 1 saturated heterocycles. The standard InChI is InChI=1S/C32H38ClN7O2/c33-27-12-10-25(11-13-27)20-38-16-17-40(32(42)37-28-4-2-1-3-5-28)30(22-38)31(41)36-15-14-29-19-35-23-39(29)21-26-8-6-24(18-34)7-9-26/h6-13,19,23,28,30H,1-5,14-17,20-22H2,(H,36,41)(H,37,42). The summed E-state index contributed by atoms with van der Waals surface area (Å²) < 4.78 is 2.05. The monoisotopic (exact) mass is 587 g/mol. The topological polar surface area (TPSA) is 106 Å². The molecule has 3 amide bonds. The average molecular weight is 588 g/mol. The second-order valence-electron chi connectivity index (χ2n) is 11.2. The van der Waals surface area contributed by atoms with Gasteiger partial charge in [-0.2, -0.15) is 5.26 Å². The van der Waals surface area contributed by atoms with Crippen molar-refractivity contribution in [2.45, 2.75) is 63.7 Å². The number of hydrogen-bond donors (Lipinski definition) is 2. The number of amides is 3. The van der Waals surface area contributed by atoms with E-state index >= 15 is 0 Å². The van der Waals surface area contributed by atoms with Gasteiger partial charge in [0, 0.05) is 68.6 Å². The zero-order valence-electron chi connectivity index (χ0n) is 23.8. The van der Waals surface area contributed by atoms with E-state index in [2.05, 4.69) is 26.6 Å². The number of imidazole rings is 1. The summed E-state index contributed by atoms with van der Waals surface area (Å²) in [7, 11) is 0. The largest absolute Gasteiger partial charge is 0.354 e. The van der Waals surface area contributed by atoms with Crippen LogP contribution < -0.4 is 10.6 Å². The van der Waals surface area contributed by atoms with E-state index in [0.29, 0.717) is 56.3 Å². The van der Waals surface area contributed by atoms with Gasteiger partial charge in [-0.1, -0.05) is 55.1 Å². The molecule has 1 saturated carbocycles. The van der Waals surface area contributed by atoms with E-state index in [1.807, 2.05) is 59.3 Å². The van der Waals surface area contributed by atoms with E-state index < -0.39 is 6.04 Å². The number of rotatable bonds is 9. The van der Waals surface area contributed by atoms with E-state index in [1.54, 1.807) is 11.2 Å². The van der Waals surface area contributed by atoms with Gasteiger partial charge in [0.05, 0.1) is 18.0 Å². The van der Waals surface area contributed by atoms with Crippen LogP contribution in [0.2, 0.25) is 5.02 Å². The predicted octanol–water partition coefficient (Wildman–Crippen LogP) is 4.34. The maximum absolute atomic E-state index is 13.6. The quantitative estimate of drug-likeness (QED) is 0.387. The second-order valence-corrected chi connectivity index (χ2v) is 11.7. The highest BCUT2D eigenvalue weighted by atomic mass is 35.5. The summed E-state index contributed by atoms with van der Waals surface area (Å²) >= 11 is 6.07. The Morgan fingerprint density at radius 3 is 2.43 bits per heavy atom. The number of carbonyl (C=O) groups is 2. The van der Waals surface area contributed by atoms with Gasteiger partial charge in [-0.15, -0.1) is 0 Å². The molecule has 1 atom stereocenters. The lowest BCUT2D eigenvalue weighted by Gasteiger charge is -2.41. The third-order valence-electron chi connectivity index (χ3n) is 8.20. The van der Waals surface area contributed by atoms with Gasteiger partial charge in [0.1, 0.15) is 6.04 Å². The molecule has 2 aromatic carbocycles. The smallest absolute Gasteiger partial charge is 0.318 e. The first-order valence-corrected chi connectivity index (χ1v) is 15.2. The number of nitriles is 1. The van der Waals surface area contributed by atoms with Crippen molar-refractivity contribution in [1.82, 2.24) is 30.0 Å². The number of carbonyl (C=O) groups excluding carboxylic acids is 2. The van der Waals surface area contributed by atoms with Crippen molar-refractivity contribution in [1.29, 1.82) is 5.26 Å². The summed E-state index contributed by atoms with van der Waals surface area (Å²) in [5.41, 5.74) is 3.82. The number of halogens is 1. The van der Waals surface area contributed by atoms with Crippen molar-refractivity contribution < 1.29 is 9.59 Å². The maximum atomic E-state index is 13.6. The molecule has 1 aromatic heterocycles. The van der Waals surface area contributed by atoms with Crippen LogP contribution in [0.5, 0.6) is 0 Å². The average Bonchev–Trinajstić information content (AvgIpc) is 3.45. The van der Waals surface area contributed by atoms with E-state index in [4.69, 9.17) is 16.9 Å². The number of nitrogens with zero attached hydrogens (tertiary/aromatic N) is 5. The van der Waals surface area contributed by atoms with Crippen molar-refractivity contribution in [3.8, 4) is 6.07 Å². The SMILES string of the molecule is N#Cc1ccc(Cn2cncc2CCNC(=O)C2CN(Cc3ccc(Cl)cc3)CCN2C(=O)NC2CCCCC2)cc1. The van der Waals surface area contributed by atoms with Crippen LogP contribution in [0.1, 0.15) is 54.5 Å². The van der Waals surface area contributed by atoms with Gasteiger partial charge in [-0.05, 0) is 48.2 Å². The molecular formula is C32H38ClN7O2. The Bertz CT molecular complexity index is 1380. The van der Waals surface area contributed by atoms with Crippen LogP contribution in [0.3, 0.4) is 0 Å². The first-order valence-electron chi connectivity index (χ1n) is 14.8. The van der Waals surface area contributed by atoms with Gasteiger partial charge in [-0.25, -0.2) is 9.78 Å². The zero-order valence-corrected chi connectivity index (χ0v) is 24.6. The van der Waals surface area contributed by atoms with Crippen LogP contribution in [0.4, 0.5) is 4.79 Å². The Hall–Kier alpha value is -3.87. The second kappa shape index (κ2) is 14.3. The summed E-state index contributed by atoms with van der Waals surface area (Å²) in [4.78, 5) is 35.2. The number of piperazine rings is 1. The van der Waals surface area contributed by atoms with Crippen LogP contribution in [0.25, 0.3) is 0 Å². The minimum atomic E-state index is -0.585. The van der Waals surface area contributed by atoms with Gasteiger partial charge in [0.2, 0.25) is 5.91 Å². The van der Waals surface area contributed by atoms with Gasteiger partial charge >= 0.3 is 6.03 Å². The summed E-state index contributed by atoms with van der Waals surface area (Å²) in [6.07, 6.45) is 9.67. The summed E-state index contributed by atoms with van der Waals surface area (Å²) in [5.74, 6) is -0.146. The van der Waals surface area contributed by atoms with E-state index in [0.717, 1.165) is 42.5 Å². The van der Waals surface area contributed by atoms with Crippen molar-refractivity contribution in [3.63, 3.8) is 0 Å². The third kappa shape index (κ3) is 7.90. The molecule has 10 heteroatoms. The minimum Gasteiger partial charge on any atom is -0.354 e. The first-order chi connectivity index (χ1) is 20.5. The highest BCUT2D eigenvalue weighted by Crippen LogP contribution is 2.20. The van der Waals surface area contributed by atoms with Crippen molar-refractivity contribution in [2.75, 3.05) is 26.2 Å². The molecule has 5 rings (SSSR count). The minimum absolute atomic E-state index is 0.145. The Morgan fingerprint density at radius 2 is 1.69 bits per heavy atom. The predicted molar refractivity (Wildman–Crippen MR) is 162 cm³/mol. The van der Waals surface area contributed by atoms with Crippen LogP contribution in [-0.4, -0.2) is 69.6 Å². The highest BCUT2D eigenvalue weighted by Gasteiger charge is 2.36. The van der Waals surface area contributed by atoms with Crippen LogP contribution in [-0.2, 0) is 24.3 Å². The lowest BCUT2D eigenvalue weighted by atomic mass is 9.95. The fourth-order valence-corrected chi connectivity index (χ4v) is 5.94. The van der Waals surface area contributed by atoms with E-state index in [1.165, 1.54) is 6.42 Å². The molecule has 9 nitrogen and oxygen atoms in total. The van der Waals surface area contributed by atoms with Gasteiger partial charge in [0.25, 0.3) is 0 Å². The zero-order chi connectivity index (χ0) is 29.3. The Labute approximate surface area is 252 Å². The highest BCUT2D eigenvalue weighted by molar-refractivity contribution is 6.30. The van der Waals surface area contributed by atoms with Gasteiger partial charge in [-0.3, -0.25) is 9.69 Å². The normalized spacial score (nSPS) is 17.9. The van der Waals surface area contributed by atoms with Crippen LogP contribution >= 0.6 is 11.6 Å². The molecule has 1 unspecified atom stereocenters. The molecule has 0 spiro atoms. The molecule has 2 N–H and O–H groups in total. The number of hydrogen-bond acceptors (Lipinski definition) is 5. The number of aromatic nitrogens is 2. The first kappa shape index (κ1) is 29.6. The molecule has 0 radical (unpaired) electrons. The number of benzene rings is 2. The number of nitrogens with one attached hydrogen (secondary N) is 2. The van der Waals surface area contributed by atoms with E-state index in [-0.39, 0.29) is 18.0 Å². The lowest BCUT2D eigenvalue weighted by Crippen LogP contribution is -2.63. The summed E-state index contributed by atoms with van der Waals surface area (Å²) in [6.45, 7) is 3.40. The van der Waals surface area contributed by atoms with Crippen molar-refractivity contribution in [3.05, 3.63) is 88.5 Å². The Kier molecular flexibility index (Phi) is 10.1. The molecule has 42 heavy (non-hydrogen) atoms. The fraction of sp³-hybridized carbons (Fsp3) is 0.438. The Balaban J connectivity index is 1.21. The maximum Gasteiger partial charge on any atom is 0.318 e. The third-order valence-corrected chi connectivity index (χ3v) is 8.45. The van der Waals surface area contributed by atoms with E-state index in [9.17, 15) is 9.59 Å². The number of urea groups is 1. The molecule has 2 heterocycles. The fourth-order valence-electron chi connectivity index (χ4n) is 5.81. The molecule has 3 aromatic rings. The van der Waals surface area contributed by atoms with Crippen LogP contribution in [0, 0.1) is 11.3 Å². The molecule has 0 bridgehead atoms. The molecule has 2 fully saturated rings. The summed E-state index contributed by atoms with van der Waals surface area (Å²) in [6, 6.07) is 16.8. The molecule has 1 aliphatic heterocycles. The molecule has 1 aliphatic carbocycles. The lowest BCUT2D eigenvalue weighted by molar-refractivity contribution is -0.127.